The maximum Gasteiger partial charge on any atom is 0.0914 e. The molecule has 1 aliphatic rings. The summed E-state index contributed by atoms with van der Waals surface area (Å²) in [6, 6.07) is 19.2. The summed E-state index contributed by atoms with van der Waals surface area (Å²) >= 11 is 0. The predicted molar refractivity (Wildman–Crippen MR) is 95.8 cm³/mol. The van der Waals surface area contributed by atoms with Gasteiger partial charge in [-0.25, -0.2) is 0 Å². The minimum Gasteiger partial charge on any atom is -0.387 e. The molecule has 2 N–H and O–H groups in total. The van der Waals surface area contributed by atoms with Crippen LogP contribution in [0.3, 0.4) is 0 Å². The number of nitrogens with zero attached hydrogens (tertiary/aromatic N) is 1. The first-order chi connectivity index (χ1) is 11.2. The lowest BCUT2D eigenvalue weighted by molar-refractivity contribution is 0.167. The monoisotopic (exact) mass is 310 g/mol. The number of piperidine rings is 1. The van der Waals surface area contributed by atoms with Crippen LogP contribution in [0.2, 0.25) is 0 Å². The molecule has 1 fully saturated rings. The minimum absolute atomic E-state index is 0.429. The highest BCUT2D eigenvalue weighted by Crippen LogP contribution is 2.20. The van der Waals surface area contributed by atoms with Crippen molar-refractivity contribution in [3.8, 4) is 0 Å². The Morgan fingerprint density at radius 3 is 2.52 bits per heavy atom. The highest BCUT2D eigenvalue weighted by Gasteiger charge is 2.20. The van der Waals surface area contributed by atoms with Crippen molar-refractivity contribution in [2.75, 3.05) is 24.5 Å². The second-order valence-electron chi connectivity index (χ2n) is 6.44. The van der Waals surface area contributed by atoms with Gasteiger partial charge in [-0.2, -0.15) is 0 Å². The molecule has 0 amide bonds. The molecule has 3 rings (SSSR count). The molecule has 23 heavy (non-hydrogen) atoms. The number of rotatable bonds is 5. The van der Waals surface area contributed by atoms with Crippen LogP contribution in [0.1, 0.15) is 30.1 Å². The van der Waals surface area contributed by atoms with Crippen LogP contribution in [-0.2, 0) is 0 Å². The van der Waals surface area contributed by atoms with Crippen molar-refractivity contribution in [2.24, 2.45) is 0 Å². The van der Waals surface area contributed by atoms with Crippen LogP contribution in [0.5, 0.6) is 0 Å². The molecule has 0 spiro atoms. The Kier molecular flexibility index (Phi) is 5.31. The molecule has 2 aromatic carbocycles. The van der Waals surface area contributed by atoms with Crippen molar-refractivity contribution in [1.82, 2.24) is 5.32 Å². The first kappa shape index (κ1) is 16.0. The minimum atomic E-state index is -0.429. The summed E-state index contributed by atoms with van der Waals surface area (Å²) in [5.74, 6) is 0. The SMILES string of the molecule is Cc1cccc(C(O)CNC2CCN(c3ccccc3)CC2)c1. The van der Waals surface area contributed by atoms with E-state index in [4.69, 9.17) is 0 Å². The van der Waals surface area contributed by atoms with Crippen molar-refractivity contribution in [2.45, 2.75) is 31.9 Å². The lowest BCUT2D eigenvalue weighted by Crippen LogP contribution is -2.43. The van der Waals surface area contributed by atoms with Gasteiger partial charge in [-0.1, -0.05) is 48.0 Å². The fraction of sp³-hybridized carbons (Fsp3) is 0.400. The number of benzene rings is 2. The van der Waals surface area contributed by atoms with Crippen LogP contribution in [0.15, 0.2) is 54.6 Å². The van der Waals surface area contributed by atoms with Gasteiger partial charge >= 0.3 is 0 Å². The number of aryl methyl sites for hydroxylation is 1. The second-order valence-corrected chi connectivity index (χ2v) is 6.44. The highest BCUT2D eigenvalue weighted by atomic mass is 16.3. The van der Waals surface area contributed by atoms with E-state index in [0.29, 0.717) is 12.6 Å². The molecule has 1 heterocycles. The molecule has 0 saturated carbocycles. The van der Waals surface area contributed by atoms with E-state index in [1.165, 1.54) is 11.3 Å². The number of hydrogen-bond donors (Lipinski definition) is 2. The standard InChI is InChI=1S/C20H26N2O/c1-16-6-5-7-17(14-16)20(23)15-21-18-10-12-22(13-11-18)19-8-3-2-4-9-19/h2-9,14,18,20-21,23H,10-13,15H2,1H3. The maximum atomic E-state index is 10.3. The van der Waals surface area contributed by atoms with Crippen LogP contribution in [0.4, 0.5) is 5.69 Å². The summed E-state index contributed by atoms with van der Waals surface area (Å²) in [5, 5.41) is 13.9. The van der Waals surface area contributed by atoms with Gasteiger partial charge in [0.2, 0.25) is 0 Å². The molecule has 0 bridgehead atoms. The third-order valence-electron chi connectivity index (χ3n) is 4.64. The van der Waals surface area contributed by atoms with Gasteiger partial charge < -0.3 is 15.3 Å². The molecule has 1 saturated heterocycles. The average Bonchev–Trinajstić information content (AvgIpc) is 2.61. The topological polar surface area (TPSA) is 35.5 Å². The number of hydrogen-bond acceptors (Lipinski definition) is 3. The molecule has 3 nitrogen and oxygen atoms in total. The van der Waals surface area contributed by atoms with E-state index in [-0.39, 0.29) is 0 Å². The van der Waals surface area contributed by atoms with Crippen molar-refractivity contribution < 1.29 is 5.11 Å². The fourth-order valence-electron chi connectivity index (χ4n) is 3.25. The quantitative estimate of drug-likeness (QED) is 0.889. The zero-order valence-corrected chi connectivity index (χ0v) is 13.8. The number of aliphatic hydroxyl groups excluding tert-OH is 1. The van der Waals surface area contributed by atoms with Crippen molar-refractivity contribution in [1.29, 1.82) is 0 Å². The van der Waals surface area contributed by atoms with E-state index in [1.54, 1.807) is 0 Å². The molecule has 122 valence electrons. The summed E-state index contributed by atoms with van der Waals surface area (Å²) < 4.78 is 0. The summed E-state index contributed by atoms with van der Waals surface area (Å²) in [6.07, 6.45) is 1.81. The first-order valence-electron chi connectivity index (χ1n) is 8.50. The Balaban J connectivity index is 1.46. The number of nitrogens with one attached hydrogen (secondary N) is 1. The molecule has 0 aliphatic carbocycles. The second kappa shape index (κ2) is 7.62. The molecule has 3 heteroatoms. The smallest absolute Gasteiger partial charge is 0.0914 e. The summed E-state index contributed by atoms with van der Waals surface area (Å²) in [4.78, 5) is 2.44. The van der Waals surface area contributed by atoms with Crippen molar-refractivity contribution >= 4 is 5.69 Å². The maximum absolute atomic E-state index is 10.3. The molecule has 1 unspecified atom stereocenters. The average molecular weight is 310 g/mol. The fourth-order valence-corrected chi connectivity index (χ4v) is 3.25. The van der Waals surface area contributed by atoms with E-state index >= 15 is 0 Å². The number of aliphatic hydroxyl groups is 1. The molecular formula is C20H26N2O. The van der Waals surface area contributed by atoms with Crippen LogP contribution in [-0.4, -0.2) is 30.8 Å². The van der Waals surface area contributed by atoms with Gasteiger partial charge in [0.1, 0.15) is 0 Å². The Bertz CT molecular complexity index is 606. The van der Waals surface area contributed by atoms with Crippen LogP contribution < -0.4 is 10.2 Å². The van der Waals surface area contributed by atoms with E-state index in [2.05, 4.69) is 59.6 Å². The largest absolute Gasteiger partial charge is 0.387 e. The zero-order chi connectivity index (χ0) is 16.1. The number of anilines is 1. The van der Waals surface area contributed by atoms with E-state index in [1.807, 2.05) is 12.1 Å². The first-order valence-corrected chi connectivity index (χ1v) is 8.50. The zero-order valence-electron chi connectivity index (χ0n) is 13.8. The van der Waals surface area contributed by atoms with E-state index in [9.17, 15) is 5.11 Å². The lowest BCUT2D eigenvalue weighted by Gasteiger charge is -2.34. The van der Waals surface area contributed by atoms with Gasteiger partial charge in [-0.05, 0) is 37.5 Å². The molecule has 0 radical (unpaired) electrons. The third-order valence-corrected chi connectivity index (χ3v) is 4.64. The van der Waals surface area contributed by atoms with Gasteiger partial charge in [0.25, 0.3) is 0 Å². The predicted octanol–water partition coefficient (Wildman–Crippen LogP) is 3.29. The molecule has 1 aliphatic heterocycles. The Labute approximate surface area is 139 Å². The molecule has 1 atom stereocenters. The number of para-hydroxylation sites is 1. The Morgan fingerprint density at radius 2 is 1.83 bits per heavy atom. The summed E-state index contributed by atoms with van der Waals surface area (Å²) in [7, 11) is 0. The van der Waals surface area contributed by atoms with Crippen molar-refractivity contribution in [3.05, 3.63) is 65.7 Å². The third kappa shape index (κ3) is 4.34. The van der Waals surface area contributed by atoms with Crippen molar-refractivity contribution in [3.63, 3.8) is 0 Å². The molecular weight excluding hydrogens is 284 g/mol. The normalized spacial score (nSPS) is 17.2. The van der Waals surface area contributed by atoms with Gasteiger partial charge in [-0.15, -0.1) is 0 Å². The van der Waals surface area contributed by atoms with Crippen LogP contribution in [0.25, 0.3) is 0 Å². The van der Waals surface area contributed by atoms with Gasteiger partial charge in [0, 0.05) is 31.4 Å². The lowest BCUT2D eigenvalue weighted by atomic mass is 10.0. The van der Waals surface area contributed by atoms with Gasteiger partial charge in [-0.3, -0.25) is 0 Å². The van der Waals surface area contributed by atoms with Crippen LogP contribution in [0, 0.1) is 6.92 Å². The Morgan fingerprint density at radius 1 is 1.09 bits per heavy atom. The summed E-state index contributed by atoms with van der Waals surface area (Å²) in [5.41, 5.74) is 3.50. The highest BCUT2D eigenvalue weighted by molar-refractivity contribution is 5.46. The van der Waals surface area contributed by atoms with Gasteiger partial charge in [0.15, 0.2) is 0 Å². The van der Waals surface area contributed by atoms with Crippen LogP contribution >= 0.6 is 0 Å². The molecule has 2 aromatic rings. The van der Waals surface area contributed by atoms with E-state index < -0.39 is 6.10 Å². The Hall–Kier alpha value is -1.84. The summed E-state index contributed by atoms with van der Waals surface area (Å²) in [6.45, 7) is 4.83. The molecule has 0 aromatic heterocycles. The van der Waals surface area contributed by atoms with E-state index in [0.717, 1.165) is 31.5 Å². The van der Waals surface area contributed by atoms with Gasteiger partial charge in [0.05, 0.1) is 6.10 Å².